The summed E-state index contributed by atoms with van der Waals surface area (Å²) in [6.07, 6.45) is 8.24. The Morgan fingerprint density at radius 2 is 0.735 bits per heavy atom. The molecule has 0 radical (unpaired) electrons. The number of H-pyrrole nitrogens is 2. The molecular formula is C54H54N4O10. The Kier molecular flexibility index (Phi) is 14.8. The number of nitrogens with zero attached hydrogens (tertiary/aromatic N) is 2. The largest absolute Gasteiger partial charge is 0.487 e. The van der Waals surface area contributed by atoms with E-state index < -0.39 is 0 Å². The first-order chi connectivity index (χ1) is 33.7. The second kappa shape index (κ2) is 22.3. The van der Waals surface area contributed by atoms with Crippen LogP contribution in [0, 0.1) is 0 Å². The SMILES string of the molecule is C1=Cc2nc1cc1ccc([nH]1)c(-c1ccc3c(c1)OCCOCCOCCOCCO3)c1nc(c(-c3ccccc3)c3ccc([nH]3)c2-c2ccc3c(c2)OCCOCCOCCOCCO3)C=C1. The van der Waals surface area contributed by atoms with E-state index in [1.807, 2.05) is 66.7 Å². The number of rotatable bonds is 3. The number of aromatic nitrogens is 4. The Morgan fingerprint density at radius 3 is 1.25 bits per heavy atom. The van der Waals surface area contributed by atoms with Gasteiger partial charge in [0.15, 0.2) is 23.0 Å². The van der Waals surface area contributed by atoms with E-state index in [0.29, 0.717) is 129 Å². The van der Waals surface area contributed by atoms with E-state index in [1.165, 1.54) is 0 Å². The summed E-state index contributed by atoms with van der Waals surface area (Å²) >= 11 is 0. The summed E-state index contributed by atoms with van der Waals surface area (Å²) in [4.78, 5) is 18.1. The van der Waals surface area contributed by atoms with Gasteiger partial charge in [0.05, 0.1) is 102 Å². The van der Waals surface area contributed by atoms with Crippen molar-refractivity contribution in [1.29, 1.82) is 0 Å². The van der Waals surface area contributed by atoms with Crippen molar-refractivity contribution in [3.05, 3.63) is 120 Å². The van der Waals surface area contributed by atoms with Gasteiger partial charge in [0, 0.05) is 38.8 Å². The third-order valence-corrected chi connectivity index (χ3v) is 11.5. The number of benzene rings is 3. The molecule has 0 fully saturated rings. The third kappa shape index (κ3) is 11.0. The summed E-state index contributed by atoms with van der Waals surface area (Å²) in [5.41, 5.74) is 12.2. The van der Waals surface area contributed by atoms with Crippen LogP contribution >= 0.6 is 0 Å². The summed E-state index contributed by atoms with van der Waals surface area (Å²) < 4.78 is 59.3. The minimum absolute atomic E-state index is 0.337. The van der Waals surface area contributed by atoms with Crippen molar-refractivity contribution in [3.8, 4) is 56.4 Å². The molecule has 3 aromatic carbocycles. The zero-order chi connectivity index (χ0) is 45.7. The van der Waals surface area contributed by atoms with Crippen LogP contribution in [0.15, 0.2) is 97.1 Å². The van der Waals surface area contributed by atoms with E-state index in [2.05, 4.69) is 64.6 Å². The maximum atomic E-state index is 6.35. The normalized spacial score (nSPS) is 16.8. The van der Waals surface area contributed by atoms with E-state index in [9.17, 15) is 0 Å². The lowest BCUT2D eigenvalue weighted by Crippen LogP contribution is -2.13. The molecule has 0 unspecified atom stereocenters. The van der Waals surface area contributed by atoms with E-state index in [-0.39, 0.29) is 0 Å². The number of aromatic amines is 2. The van der Waals surface area contributed by atoms with Crippen molar-refractivity contribution in [2.24, 2.45) is 0 Å². The molecule has 4 aliphatic heterocycles. The van der Waals surface area contributed by atoms with Crippen LogP contribution in [0.2, 0.25) is 0 Å². The lowest BCUT2D eigenvalue weighted by molar-refractivity contribution is 0.00708. The number of fused-ring (bicyclic) bond motifs is 10. The van der Waals surface area contributed by atoms with Crippen LogP contribution < -0.4 is 18.9 Å². The lowest BCUT2D eigenvalue weighted by atomic mass is 10.0. The predicted molar refractivity (Wildman–Crippen MR) is 262 cm³/mol. The highest BCUT2D eigenvalue weighted by Crippen LogP contribution is 2.40. The molecule has 350 valence electrons. The molecule has 68 heavy (non-hydrogen) atoms. The van der Waals surface area contributed by atoms with E-state index in [4.69, 9.17) is 57.3 Å². The van der Waals surface area contributed by atoms with Crippen molar-refractivity contribution in [3.63, 3.8) is 0 Å². The maximum Gasteiger partial charge on any atom is 0.161 e. The molecule has 8 bridgehead atoms. The summed E-state index contributed by atoms with van der Waals surface area (Å²) in [5, 5.41) is 0. The van der Waals surface area contributed by atoms with Crippen LogP contribution in [0.5, 0.6) is 23.0 Å². The molecule has 0 amide bonds. The van der Waals surface area contributed by atoms with Gasteiger partial charge in [-0.25, -0.2) is 9.97 Å². The fraction of sp³-hybridized carbons (Fsp3) is 0.296. The first-order valence-electron chi connectivity index (χ1n) is 23.2. The van der Waals surface area contributed by atoms with E-state index in [1.54, 1.807) is 0 Å². The molecule has 0 saturated carbocycles. The Hall–Kier alpha value is -6.78. The number of hydrogen-bond donors (Lipinski definition) is 2. The molecule has 0 saturated heterocycles. The van der Waals surface area contributed by atoms with Gasteiger partial charge >= 0.3 is 0 Å². The van der Waals surface area contributed by atoms with Crippen molar-refractivity contribution in [2.75, 3.05) is 106 Å². The molecule has 6 aromatic rings. The second-order valence-corrected chi connectivity index (χ2v) is 16.1. The molecule has 10 rings (SSSR count). The van der Waals surface area contributed by atoms with E-state index >= 15 is 0 Å². The summed E-state index contributed by atoms with van der Waals surface area (Å²) in [6, 6.07) is 32.7. The fourth-order valence-corrected chi connectivity index (χ4v) is 8.37. The average molecular weight is 919 g/mol. The molecule has 2 N–H and O–H groups in total. The van der Waals surface area contributed by atoms with Gasteiger partial charge in [0.1, 0.15) is 26.4 Å². The fourth-order valence-electron chi connectivity index (χ4n) is 8.37. The first-order valence-corrected chi connectivity index (χ1v) is 23.2. The van der Waals surface area contributed by atoms with Gasteiger partial charge in [-0.3, -0.25) is 0 Å². The molecule has 0 atom stereocenters. The van der Waals surface area contributed by atoms with Gasteiger partial charge in [0.25, 0.3) is 0 Å². The monoisotopic (exact) mass is 918 g/mol. The Bertz CT molecular complexity index is 2830. The number of nitrogens with one attached hydrogen (secondary N) is 2. The van der Waals surface area contributed by atoms with E-state index in [0.717, 1.165) is 78.2 Å². The van der Waals surface area contributed by atoms with Crippen LogP contribution in [0.4, 0.5) is 0 Å². The number of hydrogen-bond acceptors (Lipinski definition) is 12. The average Bonchev–Trinajstić information content (AvgIpc) is 4.21. The zero-order valence-corrected chi connectivity index (χ0v) is 37.8. The van der Waals surface area contributed by atoms with Gasteiger partial charge in [-0.15, -0.1) is 0 Å². The minimum Gasteiger partial charge on any atom is -0.487 e. The van der Waals surface area contributed by atoms with Crippen LogP contribution in [-0.4, -0.2) is 126 Å². The standard InChI is InChI=1S/C54H54N4O10/c1-2-4-37(5-3-1)52-44-12-14-46(57-44)53(38-6-16-48-50(34-38)67-32-28-63-24-20-59-18-22-61-26-30-65-48)42-10-8-40(55-42)36-41-9-11-43(56-41)54(47-15-13-45(52)58-47)39-7-17-49-51(35-39)68-33-29-64-25-21-60-19-23-62-27-31-66-49/h1-17,34-36,55,58H,18-33H2. The van der Waals surface area contributed by atoms with Crippen LogP contribution in [0.1, 0.15) is 22.8 Å². The summed E-state index contributed by atoms with van der Waals surface area (Å²) in [6.45, 7) is 6.94. The molecule has 0 aliphatic carbocycles. The van der Waals surface area contributed by atoms with Gasteiger partial charge in [-0.05, 0) is 95.6 Å². The minimum atomic E-state index is 0.337. The smallest absolute Gasteiger partial charge is 0.161 e. The third-order valence-electron chi connectivity index (χ3n) is 11.5. The highest BCUT2D eigenvalue weighted by molar-refractivity contribution is 5.97. The van der Waals surface area contributed by atoms with Crippen LogP contribution in [-0.2, 0) is 28.4 Å². The van der Waals surface area contributed by atoms with Gasteiger partial charge in [-0.1, -0.05) is 42.5 Å². The Labute approximate surface area is 394 Å². The predicted octanol–water partition coefficient (Wildman–Crippen LogP) is 9.30. The molecule has 7 heterocycles. The zero-order valence-electron chi connectivity index (χ0n) is 37.8. The van der Waals surface area contributed by atoms with Crippen LogP contribution in [0.3, 0.4) is 0 Å². The molecule has 3 aromatic heterocycles. The van der Waals surface area contributed by atoms with Crippen LogP contribution in [0.25, 0.3) is 79.8 Å². The van der Waals surface area contributed by atoms with Crippen molar-refractivity contribution in [1.82, 2.24) is 19.9 Å². The maximum absolute atomic E-state index is 6.35. The Morgan fingerprint density at radius 1 is 0.324 bits per heavy atom. The van der Waals surface area contributed by atoms with Crippen molar-refractivity contribution < 1.29 is 47.4 Å². The van der Waals surface area contributed by atoms with Crippen molar-refractivity contribution in [2.45, 2.75) is 0 Å². The molecule has 14 nitrogen and oxygen atoms in total. The first kappa shape index (κ1) is 45.0. The quantitative estimate of drug-likeness (QED) is 0.174. The van der Waals surface area contributed by atoms with Crippen molar-refractivity contribution >= 4 is 46.4 Å². The second-order valence-electron chi connectivity index (χ2n) is 16.1. The molecule has 0 spiro atoms. The molecular weight excluding hydrogens is 865 g/mol. The van der Waals surface area contributed by atoms with Gasteiger partial charge in [-0.2, -0.15) is 0 Å². The highest BCUT2D eigenvalue weighted by Gasteiger charge is 2.20. The Balaban J connectivity index is 1.12. The highest BCUT2D eigenvalue weighted by atomic mass is 16.6. The number of ether oxygens (including phenoxy) is 10. The summed E-state index contributed by atoms with van der Waals surface area (Å²) in [7, 11) is 0. The molecule has 14 heteroatoms. The summed E-state index contributed by atoms with van der Waals surface area (Å²) in [5.74, 6) is 2.43. The van der Waals surface area contributed by atoms with Gasteiger partial charge in [0.2, 0.25) is 0 Å². The topological polar surface area (TPSA) is 150 Å². The molecule has 4 aliphatic rings. The van der Waals surface area contributed by atoms with Gasteiger partial charge < -0.3 is 57.3 Å². The lowest BCUT2D eigenvalue weighted by Gasteiger charge is -2.15.